The van der Waals surface area contributed by atoms with Gasteiger partial charge in [-0.25, -0.2) is 4.98 Å². The maximum Gasteiger partial charge on any atom is 0.163 e. The van der Waals surface area contributed by atoms with E-state index in [9.17, 15) is 4.79 Å². The van der Waals surface area contributed by atoms with E-state index in [0.717, 1.165) is 47.0 Å². The van der Waals surface area contributed by atoms with E-state index >= 15 is 0 Å². The molecule has 4 heteroatoms. The third-order valence-electron chi connectivity index (χ3n) is 4.26. The van der Waals surface area contributed by atoms with Gasteiger partial charge in [-0.15, -0.1) is 0 Å². The molecule has 0 bridgehead atoms. The Kier molecular flexibility index (Phi) is 8.43. The highest BCUT2D eigenvalue weighted by atomic mass is 35.5. The van der Waals surface area contributed by atoms with Gasteiger partial charge in [0.1, 0.15) is 0 Å². The minimum Gasteiger partial charge on any atom is -0.330 e. The summed E-state index contributed by atoms with van der Waals surface area (Å²) in [6.07, 6.45) is 3.34. The van der Waals surface area contributed by atoms with Crippen molar-refractivity contribution in [1.29, 1.82) is 0 Å². The van der Waals surface area contributed by atoms with Crippen molar-refractivity contribution in [2.45, 2.75) is 39.5 Å². The van der Waals surface area contributed by atoms with Gasteiger partial charge in [0.05, 0.1) is 11.2 Å². The molecule has 3 nitrogen and oxygen atoms in total. The molecule has 0 aliphatic carbocycles. The van der Waals surface area contributed by atoms with Gasteiger partial charge in [-0.3, -0.25) is 4.79 Å². The number of halogens is 1. The standard InChI is InChI=1S/C21H21ClN2O.C2H6/c22-16-11-9-15(10-12-16)20-14-18(21(25)8-2-1-5-13-23)17-6-3-4-7-19(17)24-20;1-2/h3-4,6-7,9-12,14H,1-2,5,8,13,23H2;1-2H3. The average molecular weight is 383 g/mol. The number of benzene rings is 2. The summed E-state index contributed by atoms with van der Waals surface area (Å²) in [6.45, 7) is 4.67. The van der Waals surface area contributed by atoms with Crippen LogP contribution < -0.4 is 5.73 Å². The molecule has 3 rings (SSSR count). The largest absolute Gasteiger partial charge is 0.330 e. The van der Waals surface area contributed by atoms with Gasteiger partial charge >= 0.3 is 0 Å². The van der Waals surface area contributed by atoms with Crippen LogP contribution in [0.25, 0.3) is 22.2 Å². The fraction of sp³-hybridized carbons (Fsp3) is 0.304. The Hall–Kier alpha value is -2.23. The second-order valence-electron chi connectivity index (χ2n) is 6.10. The van der Waals surface area contributed by atoms with E-state index in [0.29, 0.717) is 18.0 Å². The second kappa shape index (κ2) is 10.8. The van der Waals surface area contributed by atoms with Crippen LogP contribution in [-0.2, 0) is 0 Å². The molecule has 27 heavy (non-hydrogen) atoms. The molecule has 0 spiro atoms. The molecular formula is C23H27ClN2O. The lowest BCUT2D eigenvalue weighted by atomic mass is 9.98. The smallest absolute Gasteiger partial charge is 0.163 e. The molecule has 0 aliphatic heterocycles. The lowest BCUT2D eigenvalue weighted by Gasteiger charge is -2.09. The Balaban J connectivity index is 0.00000126. The summed E-state index contributed by atoms with van der Waals surface area (Å²) in [4.78, 5) is 17.5. The number of hydrogen-bond donors (Lipinski definition) is 1. The van der Waals surface area contributed by atoms with Crippen molar-refractivity contribution in [2.75, 3.05) is 6.54 Å². The first kappa shape index (κ1) is 21.1. The van der Waals surface area contributed by atoms with Gasteiger partial charge in [-0.2, -0.15) is 0 Å². The molecule has 142 valence electrons. The minimum atomic E-state index is 0.158. The minimum absolute atomic E-state index is 0.158. The van der Waals surface area contributed by atoms with Crippen LogP contribution in [0.1, 0.15) is 49.9 Å². The van der Waals surface area contributed by atoms with Crippen LogP contribution in [0.3, 0.4) is 0 Å². The van der Waals surface area contributed by atoms with Crippen LogP contribution in [0, 0.1) is 0 Å². The van der Waals surface area contributed by atoms with E-state index in [1.807, 2.05) is 68.4 Å². The monoisotopic (exact) mass is 382 g/mol. The number of hydrogen-bond acceptors (Lipinski definition) is 3. The molecule has 1 aromatic heterocycles. The molecule has 3 aromatic rings. The summed E-state index contributed by atoms with van der Waals surface area (Å²) in [6, 6.07) is 17.2. The van der Waals surface area contributed by atoms with Gasteiger partial charge in [0, 0.05) is 28.0 Å². The van der Waals surface area contributed by atoms with E-state index < -0.39 is 0 Å². The number of nitrogens with two attached hydrogens (primary N) is 1. The van der Waals surface area contributed by atoms with Crippen LogP contribution in [-0.4, -0.2) is 17.3 Å². The first-order chi connectivity index (χ1) is 13.2. The van der Waals surface area contributed by atoms with Gasteiger partial charge in [-0.1, -0.05) is 62.2 Å². The number of nitrogens with zero attached hydrogens (tertiary/aromatic N) is 1. The predicted molar refractivity (Wildman–Crippen MR) is 115 cm³/mol. The van der Waals surface area contributed by atoms with E-state index in [4.69, 9.17) is 22.3 Å². The van der Waals surface area contributed by atoms with Gasteiger partial charge in [0.2, 0.25) is 0 Å². The number of aromatic nitrogens is 1. The maximum absolute atomic E-state index is 12.8. The van der Waals surface area contributed by atoms with Crippen molar-refractivity contribution in [2.24, 2.45) is 5.73 Å². The number of carbonyl (C=O) groups is 1. The van der Waals surface area contributed by atoms with Gasteiger partial charge in [0.15, 0.2) is 5.78 Å². The van der Waals surface area contributed by atoms with Crippen molar-refractivity contribution in [1.82, 2.24) is 4.98 Å². The number of pyridine rings is 1. The van der Waals surface area contributed by atoms with Crippen LogP contribution in [0.15, 0.2) is 54.6 Å². The Bertz CT molecular complexity index is 875. The van der Waals surface area contributed by atoms with Gasteiger partial charge in [0.25, 0.3) is 0 Å². The molecule has 1 heterocycles. The average Bonchev–Trinajstić information content (AvgIpc) is 2.72. The Morgan fingerprint density at radius 2 is 1.70 bits per heavy atom. The van der Waals surface area contributed by atoms with Crippen molar-refractivity contribution in [3.63, 3.8) is 0 Å². The summed E-state index contributed by atoms with van der Waals surface area (Å²) < 4.78 is 0. The highest BCUT2D eigenvalue weighted by Gasteiger charge is 2.13. The molecule has 0 unspecified atom stereocenters. The maximum atomic E-state index is 12.8. The van der Waals surface area contributed by atoms with Crippen molar-refractivity contribution in [3.05, 3.63) is 65.2 Å². The lowest BCUT2D eigenvalue weighted by Crippen LogP contribution is -2.03. The van der Waals surface area contributed by atoms with Crippen molar-refractivity contribution < 1.29 is 4.79 Å². The normalized spacial score (nSPS) is 10.4. The molecule has 2 aromatic carbocycles. The Morgan fingerprint density at radius 1 is 1.00 bits per heavy atom. The molecular weight excluding hydrogens is 356 g/mol. The van der Waals surface area contributed by atoms with E-state index in [-0.39, 0.29) is 5.78 Å². The highest BCUT2D eigenvalue weighted by molar-refractivity contribution is 6.30. The van der Waals surface area contributed by atoms with E-state index in [2.05, 4.69) is 0 Å². The number of ketones is 1. The first-order valence-electron chi connectivity index (χ1n) is 9.58. The third-order valence-corrected chi connectivity index (χ3v) is 4.52. The molecule has 0 radical (unpaired) electrons. The number of Topliss-reactive ketones (excluding diaryl/α,β-unsaturated/α-hetero) is 1. The third kappa shape index (κ3) is 5.62. The summed E-state index contributed by atoms with van der Waals surface area (Å²) in [5.74, 6) is 0.158. The van der Waals surface area contributed by atoms with Crippen LogP contribution in [0.5, 0.6) is 0 Å². The topological polar surface area (TPSA) is 56.0 Å². The first-order valence-corrected chi connectivity index (χ1v) is 9.96. The van der Waals surface area contributed by atoms with E-state index in [1.54, 1.807) is 0 Å². The SMILES string of the molecule is CC.NCCCCCC(=O)c1cc(-c2ccc(Cl)cc2)nc2ccccc12. The molecule has 0 atom stereocenters. The summed E-state index contributed by atoms with van der Waals surface area (Å²) in [5.41, 5.74) is 8.84. The number of unbranched alkanes of at least 4 members (excludes halogenated alkanes) is 2. The molecule has 0 saturated heterocycles. The quantitative estimate of drug-likeness (QED) is 0.386. The Labute approximate surface area is 166 Å². The van der Waals surface area contributed by atoms with Gasteiger partial charge in [-0.05, 0) is 43.7 Å². The summed E-state index contributed by atoms with van der Waals surface area (Å²) >= 11 is 5.98. The number of carbonyl (C=O) groups excluding carboxylic acids is 1. The summed E-state index contributed by atoms with van der Waals surface area (Å²) in [5, 5.41) is 1.59. The number of rotatable bonds is 7. The summed E-state index contributed by atoms with van der Waals surface area (Å²) in [7, 11) is 0. The van der Waals surface area contributed by atoms with Crippen LogP contribution in [0.2, 0.25) is 5.02 Å². The zero-order valence-electron chi connectivity index (χ0n) is 16.0. The molecule has 0 aliphatic rings. The fourth-order valence-corrected chi connectivity index (χ4v) is 3.04. The molecule has 0 amide bonds. The van der Waals surface area contributed by atoms with Crippen LogP contribution >= 0.6 is 11.6 Å². The van der Waals surface area contributed by atoms with Crippen LogP contribution in [0.4, 0.5) is 0 Å². The van der Waals surface area contributed by atoms with Gasteiger partial charge < -0.3 is 5.73 Å². The number of fused-ring (bicyclic) bond motifs is 1. The molecule has 0 saturated carbocycles. The number of para-hydroxylation sites is 1. The molecule has 0 fully saturated rings. The lowest BCUT2D eigenvalue weighted by molar-refractivity contribution is 0.0981. The van der Waals surface area contributed by atoms with E-state index in [1.165, 1.54) is 0 Å². The Morgan fingerprint density at radius 3 is 2.41 bits per heavy atom. The zero-order valence-corrected chi connectivity index (χ0v) is 16.8. The van der Waals surface area contributed by atoms with Crippen molar-refractivity contribution >= 4 is 28.3 Å². The molecule has 2 N–H and O–H groups in total. The second-order valence-corrected chi connectivity index (χ2v) is 6.54. The highest BCUT2D eigenvalue weighted by Crippen LogP contribution is 2.27. The zero-order chi connectivity index (χ0) is 19.6. The fourth-order valence-electron chi connectivity index (χ4n) is 2.92. The predicted octanol–water partition coefficient (Wildman–Crippen LogP) is 6.28. The van der Waals surface area contributed by atoms with Crippen molar-refractivity contribution in [3.8, 4) is 11.3 Å².